The number of benzene rings is 1. The second kappa shape index (κ2) is 5.21. The molecule has 2 heterocycles. The zero-order valence-electron chi connectivity index (χ0n) is 10.5. The summed E-state index contributed by atoms with van der Waals surface area (Å²) in [4.78, 5) is 12.4. The highest BCUT2D eigenvalue weighted by Gasteiger charge is 2.30. The molecule has 3 rings (SSSR count). The van der Waals surface area contributed by atoms with Crippen LogP contribution in [0, 0.1) is 5.92 Å². The number of carbonyl (C=O) groups excluding carboxylic acids is 1. The summed E-state index contributed by atoms with van der Waals surface area (Å²) in [7, 11) is 0. The van der Waals surface area contributed by atoms with Crippen LogP contribution in [0.4, 0.5) is 0 Å². The maximum Gasteiger partial charge on any atom is 0.155 e. The molecular weight excluding hydrogens is 226 g/mol. The van der Waals surface area contributed by atoms with E-state index in [1.807, 2.05) is 0 Å². The number of ketones is 1. The van der Waals surface area contributed by atoms with Crippen molar-refractivity contribution in [3.8, 4) is 0 Å². The van der Waals surface area contributed by atoms with Crippen molar-refractivity contribution in [1.29, 1.82) is 0 Å². The zero-order valence-corrected chi connectivity index (χ0v) is 10.5. The molecular formula is C15H19NO2. The van der Waals surface area contributed by atoms with Gasteiger partial charge in [0, 0.05) is 19.1 Å². The fourth-order valence-corrected chi connectivity index (χ4v) is 2.91. The van der Waals surface area contributed by atoms with Crippen molar-refractivity contribution in [3.63, 3.8) is 0 Å². The van der Waals surface area contributed by atoms with Crippen molar-refractivity contribution >= 4 is 5.78 Å². The number of ether oxygens (including phenoxy) is 1. The first-order valence-corrected chi connectivity index (χ1v) is 6.76. The van der Waals surface area contributed by atoms with E-state index in [1.165, 1.54) is 11.1 Å². The van der Waals surface area contributed by atoms with Crippen LogP contribution < -0.4 is 5.32 Å². The molecule has 1 fully saturated rings. The Hall–Kier alpha value is -1.19. The van der Waals surface area contributed by atoms with Gasteiger partial charge >= 0.3 is 0 Å². The molecule has 0 aromatic heterocycles. The van der Waals surface area contributed by atoms with E-state index in [4.69, 9.17) is 4.74 Å². The molecule has 2 aliphatic rings. The Morgan fingerprint density at radius 3 is 2.89 bits per heavy atom. The van der Waals surface area contributed by atoms with E-state index in [1.54, 1.807) is 0 Å². The topological polar surface area (TPSA) is 38.3 Å². The molecule has 1 aromatic rings. The van der Waals surface area contributed by atoms with Gasteiger partial charge < -0.3 is 10.1 Å². The molecule has 3 nitrogen and oxygen atoms in total. The lowest BCUT2D eigenvalue weighted by Gasteiger charge is -2.29. The Bertz CT molecular complexity index is 438. The molecule has 0 amide bonds. The van der Waals surface area contributed by atoms with Crippen LogP contribution in [0.15, 0.2) is 24.3 Å². The number of Topliss-reactive ketones (excluding diaryl/α,β-unsaturated/α-hetero) is 1. The molecule has 18 heavy (non-hydrogen) atoms. The summed E-state index contributed by atoms with van der Waals surface area (Å²) < 4.78 is 5.41. The van der Waals surface area contributed by atoms with E-state index >= 15 is 0 Å². The average Bonchev–Trinajstić information content (AvgIpc) is 2.47. The zero-order chi connectivity index (χ0) is 12.4. The SMILES string of the molecule is O=C(C1CCCOC1)C1Cc2ccccc2CN1. The van der Waals surface area contributed by atoms with Crippen molar-refractivity contribution in [2.75, 3.05) is 13.2 Å². The van der Waals surface area contributed by atoms with E-state index in [9.17, 15) is 4.79 Å². The number of fused-ring (bicyclic) bond motifs is 1. The Morgan fingerprint density at radius 2 is 2.11 bits per heavy atom. The molecule has 2 unspecified atom stereocenters. The molecule has 0 aliphatic carbocycles. The minimum Gasteiger partial charge on any atom is -0.381 e. The summed E-state index contributed by atoms with van der Waals surface area (Å²) in [6, 6.07) is 8.35. The van der Waals surface area contributed by atoms with Gasteiger partial charge in [-0.05, 0) is 30.4 Å². The lowest BCUT2D eigenvalue weighted by molar-refractivity contribution is -0.129. The Balaban J connectivity index is 1.69. The van der Waals surface area contributed by atoms with Crippen LogP contribution in [0.5, 0.6) is 0 Å². The summed E-state index contributed by atoms with van der Waals surface area (Å²) in [5.41, 5.74) is 2.63. The third-order valence-corrected chi connectivity index (χ3v) is 3.99. The monoisotopic (exact) mass is 245 g/mol. The van der Waals surface area contributed by atoms with Gasteiger partial charge in [-0.3, -0.25) is 4.79 Å². The minimum atomic E-state index is -0.0217. The summed E-state index contributed by atoms with van der Waals surface area (Å²) in [6.45, 7) is 2.23. The van der Waals surface area contributed by atoms with Crippen LogP contribution in [-0.2, 0) is 22.5 Å². The normalized spacial score (nSPS) is 27.6. The van der Waals surface area contributed by atoms with Gasteiger partial charge in [-0.15, -0.1) is 0 Å². The van der Waals surface area contributed by atoms with Gasteiger partial charge in [-0.1, -0.05) is 24.3 Å². The number of rotatable bonds is 2. The van der Waals surface area contributed by atoms with Crippen LogP contribution in [0.2, 0.25) is 0 Å². The van der Waals surface area contributed by atoms with Crippen molar-refractivity contribution in [2.24, 2.45) is 5.92 Å². The number of hydrogen-bond donors (Lipinski definition) is 1. The first-order chi connectivity index (χ1) is 8.84. The van der Waals surface area contributed by atoms with E-state index in [2.05, 4.69) is 29.6 Å². The van der Waals surface area contributed by atoms with Crippen LogP contribution in [-0.4, -0.2) is 25.0 Å². The predicted molar refractivity (Wildman–Crippen MR) is 69.3 cm³/mol. The maximum atomic E-state index is 12.4. The summed E-state index contributed by atoms with van der Waals surface area (Å²) in [5, 5.41) is 3.37. The fourth-order valence-electron chi connectivity index (χ4n) is 2.91. The third kappa shape index (κ3) is 2.33. The first kappa shape index (κ1) is 11.9. The van der Waals surface area contributed by atoms with E-state index in [-0.39, 0.29) is 12.0 Å². The van der Waals surface area contributed by atoms with E-state index < -0.39 is 0 Å². The average molecular weight is 245 g/mol. The first-order valence-electron chi connectivity index (χ1n) is 6.76. The molecule has 1 N–H and O–H groups in total. The quantitative estimate of drug-likeness (QED) is 0.862. The van der Waals surface area contributed by atoms with Crippen LogP contribution in [0.1, 0.15) is 24.0 Å². The van der Waals surface area contributed by atoms with Gasteiger partial charge in [0.2, 0.25) is 0 Å². The van der Waals surface area contributed by atoms with Crippen LogP contribution in [0.25, 0.3) is 0 Å². The van der Waals surface area contributed by atoms with Crippen molar-refractivity contribution < 1.29 is 9.53 Å². The second-order valence-corrected chi connectivity index (χ2v) is 5.22. The van der Waals surface area contributed by atoms with E-state index in [0.29, 0.717) is 12.4 Å². The molecule has 3 heteroatoms. The number of hydrogen-bond acceptors (Lipinski definition) is 3. The molecule has 2 atom stereocenters. The Labute approximate surface area is 108 Å². The van der Waals surface area contributed by atoms with Gasteiger partial charge in [-0.2, -0.15) is 0 Å². The van der Waals surface area contributed by atoms with Gasteiger partial charge in [0.1, 0.15) is 0 Å². The highest BCUT2D eigenvalue weighted by atomic mass is 16.5. The molecule has 1 aromatic carbocycles. The molecule has 0 spiro atoms. The fraction of sp³-hybridized carbons (Fsp3) is 0.533. The van der Waals surface area contributed by atoms with Crippen molar-refractivity contribution in [2.45, 2.75) is 31.8 Å². The van der Waals surface area contributed by atoms with Gasteiger partial charge in [0.15, 0.2) is 5.78 Å². The lowest BCUT2D eigenvalue weighted by atomic mass is 9.86. The minimum absolute atomic E-state index is 0.0217. The van der Waals surface area contributed by atoms with Crippen LogP contribution in [0.3, 0.4) is 0 Å². The lowest BCUT2D eigenvalue weighted by Crippen LogP contribution is -2.46. The smallest absolute Gasteiger partial charge is 0.155 e. The maximum absolute atomic E-state index is 12.4. The Morgan fingerprint density at radius 1 is 1.28 bits per heavy atom. The van der Waals surface area contributed by atoms with Gasteiger partial charge in [0.05, 0.1) is 12.6 Å². The highest BCUT2D eigenvalue weighted by Crippen LogP contribution is 2.21. The van der Waals surface area contributed by atoms with Crippen molar-refractivity contribution in [1.82, 2.24) is 5.32 Å². The standard InChI is InChI=1S/C15H19NO2/c17-15(13-6-3-7-18-10-13)14-8-11-4-1-2-5-12(11)9-16-14/h1-2,4-5,13-14,16H,3,6-10H2. The summed E-state index contributed by atoms with van der Waals surface area (Å²) in [6.07, 6.45) is 2.82. The molecule has 0 saturated carbocycles. The number of nitrogens with one attached hydrogen (secondary N) is 1. The summed E-state index contributed by atoms with van der Waals surface area (Å²) >= 11 is 0. The molecule has 96 valence electrons. The second-order valence-electron chi connectivity index (χ2n) is 5.22. The largest absolute Gasteiger partial charge is 0.381 e. The van der Waals surface area contributed by atoms with Crippen molar-refractivity contribution in [3.05, 3.63) is 35.4 Å². The van der Waals surface area contributed by atoms with E-state index in [0.717, 1.165) is 32.4 Å². The summed E-state index contributed by atoms with van der Waals surface area (Å²) in [5.74, 6) is 0.436. The number of carbonyl (C=O) groups is 1. The van der Waals surface area contributed by atoms with Gasteiger partial charge in [-0.25, -0.2) is 0 Å². The predicted octanol–water partition coefficient (Wildman–Crippen LogP) is 1.70. The highest BCUT2D eigenvalue weighted by molar-refractivity contribution is 5.87. The third-order valence-electron chi connectivity index (χ3n) is 3.99. The molecule has 0 radical (unpaired) electrons. The molecule has 0 bridgehead atoms. The van der Waals surface area contributed by atoms with Crippen LogP contribution >= 0.6 is 0 Å². The molecule has 1 saturated heterocycles. The van der Waals surface area contributed by atoms with Gasteiger partial charge in [0.25, 0.3) is 0 Å². The molecule has 2 aliphatic heterocycles. The Kier molecular flexibility index (Phi) is 3.43.